The molecule has 0 spiro atoms. The molecule has 0 aliphatic rings. The molecule has 0 aliphatic carbocycles. The van der Waals surface area contributed by atoms with Gasteiger partial charge in [0, 0.05) is 31.9 Å². The highest BCUT2D eigenvalue weighted by molar-refractivity contribution is 9.13. The molecule has 0 N–H and O–H groups in total. The first-order valence-electron chi connectivity index (χ1n) is 1.62. The molecule has 0 radical (unpaired) electrons. The van der Waals surface area contributed by atoms with Crippen LogP contribution < -0.4 is 4.90 Å². The smallest absolute Gasteiger partial charge is 0.297 e. The molecule has 0 aliphatic heterocycles. The molecule has 1 aromatic heterocycles. The zero-order chi connectivity index (χ0) is 6.15. The van der Waals surface area contributed by atoms with E-state index in [1.54, 1.807) is 0 Å². The van der Waals surface area contributed by atoms with Gasteiger partial charge in [0.15, 0.2) is 0 Å². The molecule has 6 heteroatoms. The Morgan fingerprint density at radius 1 is 1.62 bits per heavy atom. The highest BCUT2D eigenvalue weighted by Crippen LogP contribution is 2.14. The van der Waals surface area contributed by atoms with Crippen molar-refractivity contribution in [1.82, 2.24) is 5.16 Å². The van der Waals surface area contributed by atoms with Crippen LogP contribution in [-0.4, -0.2) is 5.16 Å². The molecule has 0 fully saturated rings. The van der Waals surface area contributed by atoms with Gasteiger partial charge in [0.2, 0.25) is 0 Å². The van der Waals surface area contributed by atoms with Crippen LogP contribution in [0, 0.1) is 5.21 Å². The van der Waals surface area contributed by atoms with Gasteiger partial charge < -0.3 is 5.21 Å². The van der Waals surface area contributed by atoms with Crippen molar-refractivity contribution >= 4 is 31.9 Å². The number of halogens is 2. The van der Waals surface area contributed by atoms with Crippen molar-refractivity contribution in [3.8, 4) is 0 Å². The van der Waals surface area contributed by atoms with Crippen LogP contribution in [0.1, 0.15) is 0 Å². The van der Waals surface area contributed by atoms with Crippen LogP contribution in [0.5, 0.6) is 0 Å². The van der Waals surface area contributed by atoms with Crippen molar-refractivity contribution in [2.24, 2.45) is 0 Å². The summed E-state index contributed by atoms with van der Waals surface area (Å²) in [5, 5.41) is 13.5. The van der Waals surface area contributed by atoms with Gasteiger partial charge in [-0.3, -0.25) is 4.63 Å². The van der Waals surface area contributed by atoms with Gasteiger partial charge in [0.25, 0.3) is 9.21 Å². The molecule has 0 unspecified atom stereocenters. The van der Waals surface area contributed by atoms with Gasteiger partial charge >= 0.3 is 0 Å². The molecular formula is C2Br2N2O2. The van der Waals surface area contributed by atoms with Crippen LogP contribution in [0.15, 0.2) is 13.8 Å². The van der Waals surface area contributed by atoms with E-state index in [4.69, 9.17) is 0 Å². The lowest BCUT2D eigenvalue weighted by Gasteiger charge is -1.79. The summed E-state index contributed by atoms with van der Waals surface area (Å²) in [6.07, 6.45) is 0. The van der Waals surface area contributed by atoms with E-state index in [2.05, 4.69) is 41.6 Å². The summed E-state index contributed by atoms with van der Waals surface area (Å²) >= 11 is 5.84. The molecule has 0 amide bonds. The minimum atomic E-state index is 0.248. The third-order valence-electron chi connectivity index (χ3n) is 0.526. The highest BCUT2D eigenvalue weighted by Gasteiger charge is 2.10. The maximum Gasteiger partial charge on any atom is 0.297 e. The van der Waals surface area contributed by atoms with Crippen molar-refractivity contribution in [1.29, 1.82) is 0 Å². The van der Waals surface area contributed by atoms with Gasteiger partial charge in [-0.25, -0.2) is 0 Å². The standard InChI is InChI=1S/C2Br2N2O2/c3-1-2(4)6(7)8-5-1. The van der Waals surface area contributed by atoms with Crippen molar-refractivity contribution in [3.63, 3.8) is 0 Å². The Balaban J connectivity index is 3.19. The molecule has 0 aromatic carbocycles. The Bertz CT molecular complexity index is 178. The van der Waals surface area contributed by atoms with Crippen LogP contribution in [0.3, 0.4) is 0 Å². The first-order valence-corrected chi connectivity index (χ1v) is 3.21. The Labute approximate surface area is 61.3 Å². The maximum atomic E-state index is 10.3. The molecule has 8 heavy (non-hydrogen) atoms. The van der Waals surface area contributed by atoms with E-state index >= 15 is 0 Å². The maximum absolute atomic E-state index is 10.3. The first-order chi connectivity index (χ1) is 3.72. The summed E-state index contributed by atoms with van der Waals surface area (Å²) in [6.45, 7) is 0. The SMILES string of the molecule is [O-][n+]1onc(Br)c1Br. The van der Waals surface area contributed by atoms with Crippen LogP contribution in [0.25, 0.3) is 0 Å². The van der Waals surface area contributed by atoms with Gasteiger partial charge in [-0.05, 0) is 4.90 Å². The summed E-state index contributed by atoms with van der Waals surface area (Å²) in [5.41, 5.74) is 0. The van der Waals surface area contributed by atoms with Gasteiger partial charge in [-0.1, -0.05) is 0 Å². The Kier molecular flexibility index (Phi) is 1.52. The summed E-state index contributed by atoms with van der Waals surface area (Å²) in [6, 6.07) is 0. The van der Waals surface area contributed by atoms with Crippen molar-refractivity contribution in [3.05, 3.63) is 14.4 Å². The monoisotopic (exact) mass is 242 g/mol. The lowest BCUT2D eigenvalue weighted by Crippen LogP contribution is -2.23. The van der Waals surface area contributed by atoms with Gasteiger partial charge in [0.1, 0.15) is 0 Å². The van der Waals surface area contributed by atoms with E-state index in [9.17, 15) is 5.21 Å². The first kappa shape index (κ1) is 6.03. The van der Waals surface area contributed by atoms with Gasteiger partial charge in [-0.15, -0.1) is 0 Å². The van der Waals surface area contributed by atoms with Crippen LogP contribution in [-0.2, 0) is 0 Å². The Morgan fingerprint density at radius 3 is 2.38 bits per heavy atom. The molecule has 44 valence electrons. The topological polar surface area (TPSA) is 53.0 Å². The molecule has 1 aromatic rings. The number of hydrogen-bond donors (Lipinski definition) is 0. The van der Waals surface area contributed by atoms with Crippen LogP contribution >= 0.6 is 31.9 Å². The van der Waals surface area contributed by atoms with Crippen LogP contribution in [0.2, 0.25) is 0 Å². The van der Waals surface area contributed by atoms with Crippen molar-refractivity contribution in [2.45, 2.75) is 0 Å². The molecule has 0 atom stereocenters. The lowest BCUT2D eigenvalue weighted by atomic mass is 11.0. The van der Waals surface area contributed by atoms with E-state index in [0.29, 0.717) is 4.60 Å². The fourth-order valence-corrected chi connectivity index (χ4v) is 0.568. The lowest BCUT2D eigenvalue weighted by molar-refractivity contribution is -0.811. The third kappa shape index (κ3) is 0.851. The van der Waals surface area contributed by atoms with E-state index in [0.717, 1.165) is 0 Å². The fourth-order valence-electron chi connectivity index (χ4n) is 0.222. The minimum absolute atomic E-state index is 0.248. The normalized spacial score (nSPS) is 9.75. The molecular weight excluding hydrogens is 244 g/mol. The number of rotatable bonds is 0. The predicted octanol–water partition coefficient (Wildman–Crippen LogP) is 0.833. The zero-order valence-electron chi connectivity index (χ0n) is 3.47. The second-order valence-electron chi connectivity index (χ2n) is 1.01. The largest absolute Gasteiger partial charge is 0.359 e. The average Bonchev–Trinajstić information content (AvgIpc) is 1.98. The minimum Gasteiger partial charge on any atom is -0.359 e. The molecule has 1 heterocycles. The van der Waals surface area contributed by atoms with Crippen LogP contribution in [0.4, 0.5) is 0 Å². The number of aromatic nitrogens is 2. The van der Waals surface area contributed by atoms with E-state index < -0.39 is 0 Å². The third-order valence-corrected chi connectivity index (χ3v) is 2.24. The van der Waals surface area contributed by atoms with Gasteiger partial charge in [-0.2, -0.15) is 0 Å². The number of hydrogen-bond acceptors (Lipinski definition) is 3. The second kappa shape index (κ2) is 2.02. The molecule has 4 nitrogen and oxygen atoms in total. The summed E-state index contributed by atoms with van der Waals surface area (Å²) in [5.74, 6) is 0. The van der Waals surface area contributed by atoms with E-state index in [1.807, 2.05) is 0 Å². The summed E-state index contributed by atoms with van der Waals surface area (Å²) < 4.78 is 4.73. The summed E-state index contributed by atoms with van der Waals surface area (Å²) in [7, 11) is 0. The van der Waals surface area contributed by atoms with Crippen molar-refractivity contribution < 1.29 is 9.53 Å². The second-order valence-corrected chi connectivity index (χ2v) is 2.51. The van der Waals surface area contributed by atoms with E-state index in [1.165, 1.54) is 0 Å². The van der Waals surface area contributed by atoms with E-state index in [-0.39, 0.29) is 9.51 Å². The molecule has 0 bridgehead atoms. The molecule has 0 saturated carbocycles. The average molecular weight is 244 g/mol. The van der Waals surface area contributed by atoms with Crippen molar-refractivity contribution in [2.75, 3.05) is 0 Å². The van der Waals surface area contributed by atoms with Gasteiger partial charge in [0.05, 0.1) is 5.16 Å². The fraction of sp³-hybridized carbons (Fsp3) is 0. The number of nitrogens with zero attached hydrogens (tertiary/aromatic N) is 2. The summed E-state index contributed by atoms with van der Waals surface area (Å²) in [4.78, 5) is 0.254. The highest BCUT2D eigenvalue weighted by atomic mass is 79.9. The Morgan fingerprint density at radius 2 is 2.25 bits per heavy atom. The predicted molar refractivity (Wildman–Crippen MR) is 30.9 cm³/mol. The molecule has 0 saturated heterocycles. The Hall–Kier alpha value is -0.100. The molecule has 1 rings (SSSR count). The zero-order valence-corrected chi connectivity index (χ0v) is 6.64. The quantitative estimate of drug-likeness (QED) is 0.635.